The molecule has 1 saturated carbocycles. The monoisotopic (exact) mass is 262 g/mol. The van der Waals surface area contributed by atoms with E-state index in [2.05, 4.69) is 10.3 Å². The second-order valence-electron chi connectivity index (χ2n) is 4.97. The summed E-state index contributed by atoms with van der Waals surface area (Å²) in [7, 11) is 0. The fourth-order valence-electron chi connectivity index (χ4n) is 2.64. The van der Waals surface area contributed by atoms with Crippen LogP contribution in [0.1, 0.15) is 29.6 Å². The maximum Gasteiger partial charge on any atom is 0.253 e. The zero-order valence-corrected chi connectivity index (χ0v) is 10.3. The number of H-pyrrole nitrogens is 1. The molecule has 19 heavy (non-hydrogen) atoms. The molecule has 0 unspecified atom stereocenters. The van der Waals surface area contributed by atoms with Gasteiger partial charge in [0.15, 0.2) is 0 Å². The first-order chi connectivity index (χ1) is 9.15. The highest BCUT2D eigenvalue weighted by molar-refractivity contribution is 6.06. The van der Waals surface area contributed by atoms with Gasteiger partial charge in [-0.25, -0.2) is 4.39 Å². The molecule has 1 fully saturated rings. The molecular formula is C14H15FN2O2. The molecule has 3 N–H and O–H groups in total. The van der Waals surface area contributed by atoms with Gasteiger partial charge in [0.05, 0.1) is 17.7 Å². The standard InChI is InChI=1S/C14H15FN2O2/c15-8-4-5-9-10(7-16-12(9)6-8)14(19)17-11-2-1-3-13(11)18/h4-7,11,13,16,18H,1-3H2,(H,17,19)/t11-,13+/m1/s1. The van der Waals surface area contributed by atoms with Gasteiger partial charge in [0.25, 0.3) is 5.91 Å². The van der Waals surface area contributed by atoms with Crippen molar-refractivity contribution in [2.24, 2.45) is 0 Å². The van der Waals surface area contributed by atoms with Gasteiger partial charge < -0.3 is 15.4 Å². The number of amides is 1. The van der Waals surface area contributed by atoms with Gasteiger partial charge in [-0.3, -0.25) is 4.79 Å². The normalized spacial score (nSPS) is 22.8. The lowest BCUT2D eigenvalue weighted by molar-refractivity contribution is 0.0875. The van der Waals surface area contributed by atoms with Crippen LogP contribution in [0.5, 0.6) is 0 Å². The third-order valence-electron chi connectivity index (χ3n) is 3.68. The highest BCUT2D eigenvalue weighted by atomic mass is 19.1. The highest BCUT2D eigenvalue weighted by Crippen LogP contribution is 2.22. The average Bonchev–Trinajstić information content (AvgIpc) is 2.96. The molecule has 2 atom stereocenters. The Morgan fingerprint density at radius 1 is 1.42 bits per heavy atom. The summed E-state index contributed by atoms with van der Waals surface area (Å²) in [5, 5.41) is 13.2. The third-order valence-corrected chi connectivity index (χ3v) is 3.68. The van der Waals surface area contributed by atoms with Crippen LogP contribution in [0.4, 0.5) is 4.39 Å². The maximum atomic E-state index is 13.1. The van der Waals surface area contributed by atoms with Crippen LogP contribution in [0.25, 0.3) is 10.9 Å². The smallest absolute Gasteiger partial charge is 0.253 e. The molecule has 1 aromatic carbocycles. The molecule has 5 heteroatoms. The number of aromatic amines is 1. The molecule has 3 rings (SSSR count). The topological polar surface area (TPSA) is 65.1 Å². The number of carbonyl (C=O) groups is 1. The summed E-state index contributed by atoms with van der Waals surface area (Å²) in [6.45, 7) is 0. The number of benzene rings is 1. The number of hydrogen-bond donors (Lipinski definition) is 3. The minimum absolute atomic E-state index is 0.183. The summed E-state index contributed by atoms with van der Waals surface area (Å²) in [5.74, 6) is -0.573. The summed E-state index contributed by atoms with van der Waals surface area (Å²) in [6.07, 6.45) is 3.55. The molecule has 0 radical (unpaired) electrons. The Balaban J connectivity index is 1.85. The fourth-order valence-corrected chi connectivity index (χ4v) is 2.64. The van der Waals surface area contributed by atoms with E-state index in [9.17, 15) is 14.3 Å². The molecule has 1 aliphatic rings. The van der Waals surface area contributed by atoms with Crippen molar-refractivity contribution in [2.45, 2.75) is 31.4 Å². The number of carbonyl (C=O) groups excluding carboxylic acids is 1. The Morgan fingerprint density at radius 2 is 2.26 bits per heavy atom. The lowest BCUT2D eigenvalue weighted by Gasteiger charge is -2.15. The Hall–Kier alpha value is -1.88. The molecule has 100 valence electrons. The number of rotatable bonds is 2. The van der Waals surface area contributed by atoms with Crippen LogP contribution < -0.4 is 5.32 Å². The maximum absolute atomic E-state index is 13.1. The number of hydrogen-bond acceptors (Lipinski definition) is 2. The van der Waals surface area contributed by atoms with Gasteiger partial charge in [0, 0.05) is 17.1 Å². The molecule has 1 aliphatic carbocycles. The van der Waals surface area contributed by atoms with Crippen LogP contribution in [0.15, 0.2) is 24.4 Å². The first-order valence-electron chi connectivity index (χ1n) is 6.41. The van der Waals surface area contributed by atoms with E-state index in [1.807, 2.05) is 0 Å². The predicted molar refractivity (Wildman–Crippen MR) is 69.4 cm³/mol. The van der Waals surface area contributed by atoms with E-state index in [1.165, 1.54) is 12.1 Å². The van der Waals surface area contributed by atoms with Gasteiger partial charge in [-0.1, -0.05) is 0 Å². The van der Waals surface area contributed by atoms with E-state index >= 15 is 0 Å². The van der Waals surface area contributed by atoms with Gasteiger partial charge in [-0.2, -0.15) is 0 Å². The van der Waals surface area contributed by atoms with Crippen molar-refractivity contribution in [1.82, 2.24) is 10.3 Å². The van der Waals surface area contributed by atoms with Gasteiger partial charge >= 0.3 is 0 Å². The summed E-state index contributed by atoms with van der Waals surface area (Å²) in [4.78, 5) is 15.1. The zero-order chi connectivity index (χ0) is 13.4. The van der Waals surface area contributed by atoms with E-state index in [-0.39, 0.29) is 17.8 Å². The van der Waals surface area contributed by atoms with Crippen LogP contribution in [-0.2, 0) is 0 Å². The van der Waals surface area contributed by atoms with Crippen LogP contribution in [0.2, 0.25) is 0 Å². The largest absolute Gasteiger partial charge is 0.391 e. The lowest BCUT2D eigenvalue weighted by atomic mass is 10.1. The van der Waals surface area contributed by atoms with E-state index in [0.29, 0.717) is 16.5 Å². The van der Waals surface area contributed by atoms with E-state index in [4.69, 9.17) is 0 Å². The number of aliphatic hydroxyl groups is 1. The van der Waals surface area contributed by atoms with E-state index in [1.54, 1.807) is 12.3 Å². The van der Waals surface area contributed by atoms with Crippen molar-refractivity contribution in [1.29, 1.82) is 0 Å². The minimum Gasteiger partial charge on any atom is -0.391 e. The van der Waals surface area contributed by atoms with Gasteiger partial charge in [0.1, 0.15) is 5.82 Å². The molecule has 0 bridgehead atoms. The highest BCUT2D eigenvalue weighted by Gasteiger charge is 2.27. The number of aliphatic hydroxyl groups excluding tert-OH is 1. The second-order valence-corrected chi connectivity index (χ2v) is 4.97. The lowest BCUT2D eigenvalue weighted by Crippen LogP contribution is -2.39. The van der Waals surface area contributed by atoms with Gasteiger partial charge in [-0.05, 0) is 37.5 Å². The summed E-state index contributed by atoms with van der Waals surface area (Å²) in [5.41, 5.74) is 1.08. The Bertz CT molecular complexity index is 623. The Kier molecular flexibility index (Phi) is 2.98. The van der Waals surface area contributed by atoms with E-state index < -0.39 is 6.10 Å². The molecular weight excluding hydrogens is 247 g/mol. The van der Waals surface area contributed by atoms with Gasteiger partial charge in [0.2, 0.25) is 0 Å². The van der Waals surface area contributed by atoms with Crippen molar-refractivity contribution in [2.75, 3.05) is 0 Å². The Morgan fingerprint density at radius 3 is 3.00 bits per heavy atom. The van der Waals surface area contributed by atoms with Crippen molar-refractivity contribution >= 4 is 16.8 Å². The van der Waals surface area contributed by atoms with Crippen LogP contribution in [-0.4, -0.2) is 28.1 Å². The van der Waals surface area contributed by atoms with Crippen molar-refractivity contribution in [3.05, 3.63) is 35.8 Å². The molecule has 1 amide bonds. The third kappa shape index (κ3) is 2.21. The molecule has 0 spiro atoms. The number of fused-ring (bicyclic) bond motifs is 1. The molecule has 0 aliphatic heterocycles. The summed E-state index contributed by atoms with van der Waals surface area (Å²) < 4.78 is 13.1. The van der Waals surface area contributed by atoms with Crippen molar-refractivity contribution < 1.29 is 14.3 Å². The number of halogens is 1. The number of aromatic nitrogens is 1. The van der Waals surface area contributed by atoms with E-state index in [0.717, 1.165) is 19.3 Å². The molecule has 1 heterocycles. The second kappa shape index (κ2) is 4.66. The summed E-state index contributed by atoms with van der Waals surface area (Å²) in [6, 6.07) is 4.09. The zero-order valence-electron chi connectivity index (χ0n) is 10.3. The number of nitrogens with one attached hydrogen (secondary N) is 2. The fraction of sp³-hybridized carbons (Fsp3) is 0.357. The van der Waals surface area contributed by atoms with Crippen LogP contribution >= 0.6 is 0 Å². The molecule has 4 nitrogen and oxygen atoms in total. The van der Waals surface area contributed by atoms with Crippen molar-refractivity contribution in [3.8, 4) is 0 Å². The average molecular weight is 262 g/mol. The first-order valence-corrected chi connectivity index (χ1v) is 6.41. The summed E-state index contributed by atoms with van der Waals surface area (Å²) >= 11 is 0. The Labute approximate surface area is 109 Å². The minimum atomic E-state index is -0.466. The van der Waals surface area contributed by atoms with Crippen LogP contribution in [0.3, 0.4) is 0 Å². The SMILES string of the molecule is O=C(N[C@@H]1CCC[C@@H]1O)c1c[nH]c2cc(F)ccc12. The van der Waals surface area contributed by atoms with Crippen molar-refractivity contribution in [3.63, 3.8) is 0 Å². The molecule has 0 saturated heterocycles. The van der Waals surface area contributed by atoms with Gasteiger partial charge in [-0.15, -0.1) is 0 Å². The van der Waals surface area contributed by atoms with Crippen LogP contribution in [0, 0.1) is 5.82 Å². The molecule has 1 aromatic heterocycles. The molecule has 2 aromatic rings. The quantitative estimate of drug-likeness (QED) is 0.774. The first kappa shape index (κ1) is 12.2. The predicted octanol–water partition coefficient (Wildman–Crippen LogP) is 1.95.